The van der Waals surface area contributed by atoms with Crippen molar-refractivity contribution in [1.82, 2.24) is 9.22 Å². The van der Waals surface area contributed by atoms with Gasteiger partial charge in [0, 0.05) is 11.6 Å². The number of aromatic nitrogens is 2. The average molecular weight is 437 g/mol. The minimum atomic E-state index is -1.94. The number of esters is 1. The molecule has 1 aromatic carbocycles. The standard InChI is InChI=1S/C26H36N2O2Si/c1-18(2)31(19(3)4,20(5)6)28-16-15-23-22(14-13-21-11-9-8-10-12-21)24(26(29)30-7)17-27-25(23)28/h8-12,15-20H,13-14H2,1-7H3. The summed E-state index contributed by atoms with van der Waals surface area (Å²) in [6.45, 7) is 14.1. The van der Waals surface area contributed by atoms with E-state index < -0.39 is 8.24 Å². The molecule has 166 valence electrons. The van der Waals surface area contributed by atoms with Gasteiger partial charge in [0.2, 0.25) is 0 Å². The highest BCUT2D eigenvalue weighted by atomic mass is 28.3. The molecule has 4 nitrogen and oxygen atoms in total. The number of methoxy groups -OCH3 is 1. The highest BCUT2D eigenvalue weighted by Gasteiger charge is 2.46. The Balaban J connectivity index is 2.20. The fourth-order valence-electron chi connectivity index (χ4n) is 5.76. The van der Waals surface area contributed by atoms with Crippen LogP contribution >= 0.6 is 0 Å². The van der Waals surface area contributed by atoms with E-state index in [4.69, 9.17) is 9.72 Å². The lowest BCUT2D eigenvalue weighted by Gasteiger charge is -2.44. The van der Waals surface area contributed by atoms with E-state index in [0.717, 1.165) is 29.4 Å². The molecule has 0 aliphatic carbocycles. The number of pyridine rings is 1. The van der Waals surface area contributed by atoms with Crippen molar-refractivity contribution in [2.24, 2.45) is 0 Å². The van der Waals surface area contributed by atoms with Crippen LogP contribution in [-0.2, 0) is 17.6 Å². The Hall–Kier alpha value is -2.40. The van der Waals surface area contributed by atoms with E-state index in [2.05, 4.69) is 82.3 Å². The lowest BCUT2D eigenvalue weighted by atomic mass is 9.99. The topological polar surface area (TPSA) is 44.1 Å². The number of hydrogen-bond acceptors (Lipinski definition) is 3. The number of ether oxygens (including phenoxy) is 1. The fourth-order valence-corrected chi connectivity index (χ4v) is 12.3. The third kappa shape index (κ3) is 4.08. The summed E-state index contributed by atoms with van der Waals surface area (Å²) in [6, 6.07) is 12.6. The summed E-state index contributed by atoms with van der Waals surface area (Å²) in [7, 11) is -0.503. The normalized spacial score (nSPS) is 12.3. The van der Waals surface area contributed by atoms with E-state index in [0.29, 0.717) is 22.2 Å². The Labute approximate surface area is 187 Å². The number of aryl methyl sites for hydroxylation is 2. The SMILES string of the molecule is COC(=O)c1cnc2c(ccn2[Si](C(C)C)(C(C)C)C(C)C)c1CCc1ccccc1. The van der Waals surface area contributed by atoms with Crippen LogP contribution < -0.4 is 0 Å². The first-order chi connectivity index (χ1) is 14.7. The van der Waals surface area contributed by atoms with E-state index >= 15 is 0 Å². The van der Waals surface area contributed by atoms with E-state index in [1.165, 1.54) is 12.7 Å². The lowest BCUT2D eigenvalue weighted by molar-refractivity contribution is 0.0599. The van der Waals surface area contributed by atoms with Crippen LogP contribution in [0.2, 0.25) is 16.6 Å². The van der Waals surface area contributed by atoms with Gasteiger partial charge in [-0.15, -0.1) is 0 Å². The first-order valence-electron chi connectivity index (χ1n) is 11.4. The second kappa shape index (κ2) is 9.39. The van der Waals surface area contributed by atoms with Crippen molar-refractivity contribution < 1.29 is 9.53 Å². The first kappa shape index (κ1) is 23.3. The number of carbonyl (C=O) groups is 1. The molecule has 0 fully saturated rings. The van der Waals surface area contributed by atoms with Crippen LogP contribution in [0, 0.1) is 0 Å². The molecular formula is C26H36N2O2Si. The van der Waals surface area contributed by atoms with E-state index in [1.807, 2.05) is 6.07 Å². The summed E-state index contributed by atoms with van der Waals surface area (Å²) in [6.07, 6.45) is 5.61. The van der Waals surface area contributed by atoms with Gasteiger partial charge >= 0.3 is 5.97 Å². The van der Waals surface area contributed by atoms with E-state index in [-0.39, 0.29) is 5.97 Å². The smallest absolute Gasteiger partial charge is 0.339 e. The van der Waals surface area contributed by atoms with Crippen LogP contribution in [0.15, 0.2) is 48.8 Å². The maximum atomic E-state index is 12.6. The molecule has 0 N–H and O–H groups in total. The molecule has 0 saturated carbocycles. The molecule has 31 heavy (non-hydrogen) atoms. The van der Waals surface area contributed by atoms with Crippen molar-refractivity contribution >= 4 is 25.2 Å². The molecule has 0 unspecified atom stereocenters. The molecule has 2 heterocycles. The maximum absolute atomic E-state index is 12.6. The van der Waals surface area contributed by atoms with Crippen LogP contribution in [0.25, 0.3) is 11.0 Å². The number of carbonyl (C=O) groups excluding carboxylic acids is 1. The predicted molar refractivity (Wildman–Crippen MR) is 131 cm³/mol. The second-order valence-electron chi connectivity index (χ2n) is 9.40. The summed E-state index contributed by atoms with van der Waals surface area (Å²) < 4.78 is 7.60. The summed E-state index contributed by atoms with van der Waals surface area (Å²) in [4.78, 5) is 17.4. The van der Waals surface area contributed by atoms with E-state index in [1.54, 1.807) is 6.20 Å². The summed E-state index contributed by atoms with van der Waals surface area (Å²) >= 11 is 0. The van der Waals surface area contributed by atoms with Crippen LogP contribution in [-0.4, -0.2) is 30.5 Å². The Kier molecular flexibility index (Phi) is 7.05. The molecule has 0 amide bonds. The zero-order chi connectivity index (χ0) is 22.8. The van der Waals surface area contributed by atoms with E-state index in [9.17, 15) is 4.79 Å². The first-order valence-corrected chi connectivity index (χ1v) is 13.5. The molecule has 2 aromatic heterocycles. The number of hydrogen-bond donors (Lipinski definition) is 0. The monoisotopic (exact) mass is 436 g/mol. The Morgan fingerprint density at radius 3 is 2.13 bits per heavy atom. The van der Waals surface area contributed by atoms with Crippen LogP contribution in [0.3, 0.4) is 0 Å². The third-order valence-corrected chi connectivity index (χ3v) is 13.7. The van der Waals surface area contributed by atoms with Gasteiger partial charge in [-0.3, -0.25) is 0 Å². The molecule has 0 aliphatic heterocycles. The molecule has 3 aromatic rings. The number of nitrogens with zero attached hydrogens (tertiary/aromatic N) is 2. The van der Waals surface area contributed by atoms with Gasteiger partial charge in [0.1, 0.15) is 5.65 Å². The number of rotatable bonds is 8. The molecule has 0 atom stereocenters. The highest BCUT2D eigenvalue weighted by Crippen LogP contribution is 2.44. The van der Waals surface area contributed by atoms with Crippen molar-refractivity contribution in [2.45, 2.75) is 71.0 Å². The van der Waals surface area contributed by atoms with Crippen LogP contribution in [0.5, 0.6) is 0 Å². The molecule has 0 bridgehead atoms. The third-order valence-electron chi connectivity index (χ3n) is 6.93. The fraction of sp³-hybridized carbons (Fsp3) is 0.462. The zero-order valence-electron chi connectivity index (χ0n) is 20.0. The van der Waals surface area contributed by atoms with Gasteiger partial charge in [-0.25, -0.2) is 9.78 Å². The molecule has 0 saturated heterocycles. The van der Waals surface area contributed by atoms with Crippen molar-refractivity contribution in [3.8, 4) is 0 Å². The van der Waals surface area contributed by atoms with Crippen molar-refractivity contribution in [1.29, 1.82) is 0 Å². The quantitative estimate of drug-likeness (QED) is 0.294. The summed E-state index contributed by atoms with van der Waals surface area (Å²) in [5, 5.41) is 1.08. The largest absolute Gasteiger partial charge is 0.465 e. The van der Waals surface area contributed by atoms with Crippen LogP contribution in [0.4, 0.5) is 0 Å². The van der Waals surface area contributed by atoms with Gasteiger partial charge in [-0.1, -0.05) is 71.9 Å². The molecular weight excluding hydrogens is 400 g/mol. The number of fused-ring (bicyclic) bond motifs is 1. The molecule has 3 rings (SSSR count). The van der Waals surface area contributed by atoms with Crippen molar-refractivity contribution in [3.63, 3.8) is 0 Å². The molecule has 0 radical (unpaired) electrons. The van der Waals surface area contributed by atoms with Gasteiger partial charge < -0.3 is 8.97 Å². The predicted octanol–water partition coefficient (Wildman–Crippen LogP) is 6.63. The van der Waals surface area contributed by atoms with Gasteiger partial charge in [-0.05, 0) is 52.9 Å². The van der Waals surface area contributed by atoms with Crippen molar-refractivity contribution in [3.05, 3.63) is 65.5 Å². The Morgan fingerprint density at radius 2 is 1.58 bits per heavy atom. The maximum Gasteiger partial charge on any atom is 0.339 e. The van der Waals surface area contributed by atoms with Gasteiger partial charge in [-0.2, -0.15) is 0 Å². The summed E-state index contributed by atoms with van der Waals surface area (Å²) in [5.74, 6) is -0.315. The minimum Gasteiger partial charge on any atom is -0.465 e. The zero-order valence-corrected chi connectivity index (χ0v) is 21.0. The average Bonchev–Trinajstić information content (AvgIpc) is 3.16. The Morgan fingerprint density at radius 1 is 0.968 bits per heavy atom. The second-order valence-corrected chi connectivity index (χ2v) is 15.1. The lowest BCUT2D eigenvalue weighted by Crippen LogP contribution is -2.51. The number of benzene rings is 1. The van der Waals surface area contributed by atoms with Crippen molar-refractivity contribution in [2.75, 3.05) is 7.11 Å². The molecule has 0 aliphatic rings. The highest BCUT2D eigenvalue weighted by molar-refractivity contribution is 6.82. The molecule has 5 heteroatoms. The van der Waals surface area contributed by atoms with Crippen LogP contribution in [0.1, 0.15) is 63.0 Å². The summed E-state index contributed by atoms with van der Waals surface area (Å²) in [5.41, 5.74) is 5.60. The molecule has 0 spiro atoms. The van der Waals surface area contributed by atoms with Gasteiger partial charge in [0.15, 0.2) is 8.24 Å². The van der Waals surface area contributed by atoms with Gasteiger partial charge in [0.05, 0.1) is 12.7 Å². The van der Waals surface area contributed by atoms with Gasteiger partial charge in [0.25, 0.3) is 0 Å². The minimum absolute atomic E-state index is 0.315. The Bertz CT molecular complexity index is 1020.